The van der Waals surface area contributed by atoms with Crippen LogP contribution in [0.25, 0.3) is 9.88 Å². The first-order chi connectivity index (χ1) is 12.0. The van der Waals surface area contributed by atoms with Crippen molar-refractivity contribution in [1.29, 1.82) is 0 Å². The van der Waals surface area contributed by atoms with Gasteiger partial charge in [-0.05, 0) is 48.6 Å². The van der Waals surface area contributed by atoms with Gasteiger partial charge in [0, 0.05) is 11.1 Å². The number of esters is 1. The van der Waals surface area contributed by atoms with Gasteiger partial charge in [0.1, 0.15) is 5.01 Å². The molecule has 2 heterocycles. The van der Waals surface area contributed by atoms with Crippen LogP contribution in [0.1, 0.15) is 21.6 Å². The van der Waals surface area contributed by atoms with E-state index < -0.39 is 5.97 Å². The van der Waals surface area contributed by atoms with Crippen LogP contribution in [0.4, 0.5) is 5.69 Å². The van der Waals surface area contributed by atoms with E-state index in [0.717, 1.165) is 21.0 Å². The number of aromatic nitrogens is 1. The molecule has 3 aromatic rings. The van der Waals surface area contributed by atoms with E-state index >= 15 is 0 Å². The quantitative estimate of drug-likeness (QED) is 0.679. The maximum absolute atomic E-state index is 12.0. The molecule has 2 aromatic heterocycles. The summed E-state index contributed by atoms with van der Waals surface area (Å²) in [5.41, 5.74) is 3.12. The zero-order chi connectivity index (χ0) is 17.8. The van der Waals surface area contributed by atoms with Gasteiger partial charge in [-0.1, -0.05) is 12.1 Å². The predicted molar refractivity (Wildman–Crippen MR) is 100 cm³/mol. The summed E-state index contributed by atoms with van der Waals surface area (Å²) < 4.78 is 5.04. The van der Waals surface area contributed by atoms with Crippen LogP contribution in [0, 0.1) is 13.8 Å². The molecule has 128 valence electrons. The van der Waals surface area contributed by atoms with Crippen molar-refractivity contribution < 1.29 is 14.3 Å². The second-order valence-electron chi connectivity index (χ2n) is 5.44. The van der Waals surface area contributed by atoms with Crippen molar-refractivity contribution in [3.05, 3.63) is 57.9 Å². The van der Waals surface area contributed by atoms with E-state index in [2.05, 4.69) is 10.3 Å². The van der Waals surface area contributed by atoms with Gasteiger partial charge in [0.15, 0.2) is 12.3 Å². The van der Waals surface area contributed by atoms with Gasteiger partial charge in [0.05, 0.1) is 4.88 Å². The molecular formula is C18H16N2O3S2. The number of nitrogens with zero attached hydrogens (tertiary/aromatic N) is 1. The second kappa shape index (κ2) is 7.58. The van der Waals surface area contributed by atoms with Crippen molar-refractivity contribution >= 4 is 40.2 Å². The molecule has 0 aliphatic rings. The Morgan fingerprint density at radius 2 is 2.00 bits per heavy atom. The summed E-state index contributed by atoms with van der Waals surface area (Å²) in [4.78, 5) is 29.2. The molecule has 0 saturated carbocycles. The number of carbonyl (C=O) groups excluding carboxylic acids is 2. The van der Waals surface area contributed by atoms with Gasteiger partial charge in [-0.2, -0.15) is 0 Å². The summed E-state index contributed by atoms with van der Waals surface area (Å²) in [6.45, 7) is 3.62. The summed E-state index contributed by atoms with van der Waals surface area (Å²) in [6, 6.07) is 9.49. The maximum atomic E-state index is 12.0. The number of thiophene rings is 1. The number of aryl methyl sites for hydroxylation is 2. The number of rotatable bonds is 5. The first-order valence-corrected chi connectivity index (χ1v) is 9.32. The van der Waals surface area contributed by atoms with Crippen molar-refractivity contribution in [2.75, 3.05) is 11.9 Å². The summed E-state index contributed by atoms with van der Waals surface area (Å²) in [6.07, 6.45) is 0. The van der Waals surface area contributed by atoms with E-state index in [9.17, 15) is 9.59 Å². The van der Waals surface area contributed by atoms with E-state index in [1.165, 1.54) is 11.3 Å². The molecule has 0 bridgehead atoms. The molecule has 0 atom stereocenters. The molecule has 5 nitrogen and oxygen atoms in total. The standard InChI is InChI=1S/C18H16N2O3S2/c1-11-5-6-13(8-12(11)2)19-16(21)9-23-18(22)14-10-25-17(20-14)15-4-3-7-24-15/h3-8,10H,9H2,1-2H3,(H,19,21). The first kappa shape index (κ1) is 17.3. The third-order valence-electron chi connectivity index (χ3n) is 3.57. The third kappa shape index (κ3) is 4.32. The average Bonchev–Trinajstić information content (AvgIpc) is 3.26. The van der Waals surface area contributed by atoms with Gasteiger partial charge in [-0.25, -0.2) is 9.78 Å². The normalized spacial score (nSPS) is 10.5. The first-order valence-electron chi connectivity index (χ1n) is 7.56. The SMILES string of the molecule is Cc1ccc(NC(=O)COC(=O)c2csc(-c3cccs3)n2)cc1C. The average molecular weight is 372 g/mol. The minimum Gasteiger partial charge on any atom is -0.451 e. The third-order valence-corrected chi connectivity index (χ3v) is 5.45. The number of benzene rings is 1. The minimum absolute atomic E-state index is 0.215. The molecule has 0 spiro atoms. The highest BCUT2D eigenvalue weighted by Gasteiger charge is 2.15. The summed E-state index contributed by atoms with van der Waals surface area (Å²) in [5.74, 6) is -0.986. The predicted octanol–water partition coefficient (Wildman–Crippen LogP) is 4.28. The topological polar surface area (TPSA) is 68.3 Å². The monoisotopic (exact) mass is 372 g/mol. The Kier molecular flexibility index (Phi) is 5.25. The lowest BCUT2D eigenvalue weighted by atomic mass is 10.1. The Morgan fingerprint density at radius 3 is 2.72 bits per heavy atom. The molecule has 1 N–H and O–H groups in total. The van der Waals surface area contributed by atoms with Gasteiger partial charge < -0.3 is 10.1 Å². The van der Waals surface area contributed by atoms with E-state index in [-0.39, 0.29) is 18.2 Å². The van der Waals surface area contributed by atoms with Gasteiger partial charge in [0.2, 0.25) is 0 Å². The van der Waals surface area contributed by atoms with Crippen LogP contribution in [-0.4, -0.2) is 23.5 Å². The Bertz CT molecular complexity index is 901. The van der Waals surface area contributed by atoms with Crippen LogP contribution in [0.3, 0.4) is 0 Å². The Hall–Kier alpha value is -2.51. The van der Waals surface area contributed by atoms with Crippen LogP contribution in [0.5, 0.6) is 0 Å². The molecule has 25 heavy (non-hydrogen) atoms. The van der Waals surface area contributed by atoms with Gasteiger partial charge >= 0.3 is 5.97 Å². The smallest absolute Gasteiger partial charge is 0.358 e. The lowest BCUT2D eigenvalue weighted by Gasteiger charge is -2.08. The fourth-order valence-electron chi connectivity index (χ4n) is 2.10. The Morgan fingerprint density at radius 1 is 1.16 bits per heavy atom. The number of amides is 1. The largest absolute Gasteiger partial charge is 0.451 e. The van der Waals surface area contributed by atoms with E-state index in [1.807, 2.05) is 49.6 Å². The summed E-state index contributed by atoms with van der Waals surface area (Å²) >= 11 is 2.93. The molecule has 1 amide bonds. The zero-order valence-corrected chi connectivity index (χ0v) is 15.4. The lowest BCUT2D eigenvalue weighted by molar-refractivity contribution is -0.119. The molecule has 0 unspecified atom stereocenters. The van der Waals surface area contributed by atoms with E-state index in [0.29, 0.717) is 5.69 Å². The van der Waals surface area contributed by atoms with Crippen molar-refractivity contribution in [1.82, 2.24) is 4.98 Å². The van der Waals surface area contributed by atoms with Gasteiger partial charge in [-0.3, -0.25) is 4.79 Å². The fourth-order valence-corrected chi connectivity index (χ4v) is 3.71. The van der Waals surface area contributed by atoms with Crippen LogP contribution < -0.4 is 5.32 Å². The zero-order valence-electron chi connectivity index (χ0n) is 13.7. The number of hydrogen-bond acceptors (Lipinski definition) is 6. The molecule has 0 radical (unpaired) electrons. The van der Waals surface area contributed by atoms with E-state index in [4.69, 9.17) is 4.74 Å². The fraction of sp³-hybridized carbons (Fsp3) is 0.167. The van der Waals surface area contributed by atoms with Crippen molar-refractivity contribution in [2.24, 2.45) is 0 Å². The molecule has 1 aromatic carbocycles. The summed E-state index contributed by atoms with van der Waals surface area (Å²) in [5, 5.41) is 7.07. The highest BCUT2D eigenvalue weighted by Crippen LogP contribution is 2.27. The highest BCUT2D eigenvalue weighted by atomic mass is 32.1. The number of carbonyl (C=O) groups is 2. The van der Waals surface area contributed by atoms with Crippen LogP contribution in [0.15, 0.2) is 41.1 Å². The molecule has 0 aliphatic carbocycles. The Balaban J connectivity index is 1.55. The molecule has 3 rings (SSSR count). The maximum Gasteiger partial charge on any atom is 0.358 e. The molecule has 0 aliphatic heterocycles. The van der Waals surface area contributed by atoms with Crippen LogP contribution in [0.2, 0.25) is 0 Å². The lowest BCUT2D eigenvalue weighted by Crippen LogP contribution is -2.21. The molecule has 0 saturated heterocycles. The number of thiazole rings is 1. The molecular weight excluding hydrogens is 356 g/mol. The highest BCUT2D eigenvalue weighted by molar-refractivity contribution is 7.20. The second-order valence-corrected chi connectivity index (χ2v) is 7.24. The molecule has 0 fully saturated rings. The Labute approximate surface area is 153 Å². The van der Waals surface area contributed by atoms with E-state index in [1.54, 1.807) is 16.7 Å². The van der Waals surface area contributed by atoms with Crippen molar-refractivity contribution in [3.8, 4) is 9.88 Å². The van der Waals surface area contributed by atoms with Crippen LogP contribution >= 0.6 is 22.7 Å². The number of ether oxygens (including phenoxy) is 1. The van der Waals surface area contributed by atoms with Crippen molar-refractivity contribution in [3.63, 3.8) is 0 Å². The summed E-state index contributed by atoms with van der Waals surface area (Å²) in [7, 11) is 0. The number of nitrogens with one attached hydrogen (secondary N) is 1. The van der Waals surface area contributed by atoms with Crippen LogP contribution in [-0.2, 0) is 9.53 Å². The number of hydrogen-bond donors (Lipinski definition) is 1. The minimum atomic E-state index is -0.603. The van der Waals surface area contributed by atoms with Gasteiger partial charge in [-0.15, -0.1) is 22.7 Å². The number of anilines is 1. The van der Waals surface area contributed by atoms with Crippen molar-refractivity contribution in [2.45, 2.75) is 13.8 Å². The molecule has 7 heteroatoms. The van der Waals surface area contributed by atoms with Gasteiger partial charge in [0.25, 0.3) is 5.91 Å².